The molecule has 3 rings (SSSR count). The quantitative estimate of drug-likeness (QED) is 0.726. The van der Waals surface area contributed by atoms with E-state index in [0.29, 0.717) is 34.6 Å². The number of methoxy groups -OCH3 is 1. The molecule has 0 spiro atoms. The summed E-state index contributed by atoms with van der Waals surface area (Å²) in [7, 11) is 1.64. The third-order valence-electron chi connectivity index (χ3n) is 4.12. The number of fused-ring (bicyclic) bond motifs is 2. The fourth-order valence-electron chi connectivity index (χ4n) is 2.71. The maximum atomic E-state index is 12.6. The van der Waals surface area contributed by atoms with Gasteiger partial charge in [0, 0.05) is 29.4 Å². The minimum Gasteiger partial charge on any atom is -0.491 e. The van der Waals surface area contributed by atoms with Crippen molar-refractivity contribution in [3.8, 4) is 5.75 Å². The van der Waals surface area contributed by atoms with Crippen LogP contribution in [0.2, 0.25) is 0 Å². The number of ether oxygens (including phenoxy) is 2. The van der Waals surface area contributed by atoms with Gasteiger partial charge in [-0.3, -0.25) is 9.59 Å². The maximum absolute atomic E-state index is 12.6. The second-order valence-electron chi connectivity index (χ2n) is 5.49. The van der Waals surface area contributed by atoms with E-state index < -0.39 is 0 Å². The van der Waals surface area contributed by atoms with Crippen LogP contribution >= 0.6 is 0 Å². The predicted molar refractivity (Wildman–Crippen MR) is 86.3 cm³/mol. The molecule has 0 radical (unpaired) electrons. The fraction of sp³-hybridized carbons (Fsp3) is 0.263. The third kappa shape index (κ3) is 2.78. The van der Waals surface area contributed by atoms with Crippen LogP contribution in [0.1, 0.15) is 45.2 Å². The fourth-order valence-corrected chi connectivity index (χ4v) is 2.71. The average molecular weight is 310 g/mol. The zero-order valence-electron chi connectivity index (χ0n) is 13.2. The standard InChI is InChI=1S/C19H18O4/c1-3-12(22-2)11-23-13-8-9-16-17(10-13)19(21)15-7-5-4-6-14(15)18(16)20/h4-10,12H,3,11H2,1-2H3. The van der Waals surface area contributed by atoms with E-state index >= 15 is 0 Å². The lowest BCUT2D eigenvalue weighted by Crippen LogP contribution is -2.22. The highest BCUT2D eigenvalue weighted by atomic mass is 16.5. The highest BCUT2D eigenvalue weighted by Gasteiger charge is 2.29. The molecule has 1 aliphatic rings. The van der Waals surface area contributed by atoms with Gasteiger partial charge >= 0.3 is 0 Å². The van der Waals surface area contributed by atoms with E-state index in [1.54, 1.807) is 49.6 Å². The summed E-state index contributed by atoms with van der Waals surface area (Å²) in [6, 6.07) is 11.9. The van der Waals surface area contributed by atoms with Crippen LogP contribution in [-0.4, -0.2) is 31.4 Å². The number of carbonyl (C=O) groups excluding carboxylic acids is 2. The van der Waals surface area contributed by atoms with Gasteiger partial charge in [0.1, 0.15) is 12.4 Å². The smallest absolute Gasteiger partial charge is 0.194 e. The highest BCUT2D eigenvalue weighted by Crippen LogP contribution is 2.29. The van der Waals surface area contributed by atoms with E-state index in [-0.39, 0.29) is 17.7 Å². The summed E-state index contributed by atoms with van der Waals surface area (Å²) in [6.45, 7) is 2.42. The number of carbonyl (C=O) groups is 2. The van der Waals surface area contributed by atoms with Gasteiger partial charge in [0.15, 0.2) is 11.6 Å². The van der Waals surface area contributed by atoms with Crippen molar-refractivity contribution >= 4 is 11.6 Å². The SMILES string of the molecule is CCC(COc1ccc2c(c1)C(=O)c1ccccc1C2=O)OC. The molecule has 0 heterocycles. The molecule has 0 saturated carbocycles. The average Bonchev–Trinajstić information content (AvgIpc) is 2.60. The Labute approximate surface area is 135 Å². The summed E-state index contributed by atoms with van der Waals surface area (Å²) < 4.78 is 11.0. The Bertz CT molecular complexity index is 760. The highest BCUT2D eigenvalue weighted by molar-refractivity contribution is 6.28. The topological polar surface area (TPSA) is 52.6 Å². The summed E-state index contributed by atoms with van der Waals surface area (Å²) >= 11 is 0. The van der Waals surface area contributed by atoms with E-state index in [4.69, 9.17) is 9.47 Å². The van der Waals surface area contributed by atoms with Crippen LogP contribution in [0, 0.1) is 0 Å². The van der Waals surface area contributed by atoms with Crippen molar-refractivity contribution in [3.63, 3.8) is 0 Å². The van der Waals surface area contributed by atoms with Crippen molar-refractivity contribution in [3.05, 3.63) is 64.7 Å². The number of benzene rings is 2. The van der Waals surface area contributed by atoms with Crippen LogP contribution in [0.3, 0.4) is 0 Å². The Morgan fingerprint density at radius 1 is 0.913 bits per heavy atom. The lowest BCUT2D eigenvalue weighted by atomic mass is 9.84. The number of hydrogen-bond acceptors (Lipinski definition) is 4. The normalized spacial score (nSPS) is 14.2. The van der Waals surface area contributed by atoms with Gasteiger partial charge < -0.3 is 9.47 Å². The first kappa shape index (κ1) is 15.4. The van der Waals surface area contributed by atoms with E-state index in [1.807, 2.05) is 6.92 Å². The predicted octanol–water partition coefficient (Wildman–Crippen LogP) is 3.27. The van der Waals surface area contributed by atoms with Gasteiger partial charge in [0.2, 0.25) is 0 Å². The van der Waals surface area contributed by atoms with E-state index in [2.05, 4.69) is 0 Å². The molecule has 4 nitrogen and oxygen atoms in total. The van der Waals surface area contributed by atoms with Crippen molar-refractivity contribution in [2.24, 2.45) is 0 Å². The van der Waals surface area contributed by atoms with Gasteiger partial charge in [-0.2, -0.15) is 0 Å². The lowest BCUT2D eigenvalue weighted by Gasteiger charge is -2.19. The number of hydrogen-bond donors (Lipinski definition) is 0. The zero-order valence-corrected chi connectivity index (χ0v) is 13.2. The first-order valence-electron chi connectivity index (χ1n) is 7.63. The molecule has 0 fully saturated rings. The Hall–Kier alpha value is -2.46. The van der Waals surface area contributed by atoms with Gasteiger partial charge in [-0.15, -0.1) is 0 Å². The summed E-state index contributed by atoms with van der Waals surface area (Å²) in [5.74, 6) is 0.310. The minimum absolute atomic E-state index is 0.00379. The minimum atomic E-state index is -0.139. The van der Waals surface area contributed by atoms with Crippen LogP contribution in [0.15, 0.2) is 42.5 Å². The van der Waals surface area contributed by atoms with E-state index in [0.717, 1.165) is 6.42 Å². The molecule has 1 atom stereocenters. The molecule has 1 unspecified atom stereocenters. The molecule has 1 aliphatic carbocycles. The van der Waals surface area contributed by atoms with Gasteiger partial charge in [-0.25, -0.2) is 0 Å². The molecule has 118 valence electrons. The molecular formula is C19H18O4. The Morgan fingerprint density at radius 2 is 1.52 bits per heavy atom. The first-order valence-corrected chi connectivity index (χ1v) is 7.63. The van der Waals surface area contributed by atoms with Crippen molar-refractivity contribution in [2.75, 3.05) is 13.7 Å². The lowest BCUT2D eigenvalue weighted by molar-refractivity contribution is 0.0555. The second kappa shape index (κ2) is 6.34. The van der Waals surface area contributed by atoms with Gasteiger partial charge in [0.05, 0.1) is 6.10 Å². The zero-order chi connectivity index (χ0) is 16.4. The molecule has 0 N–H and O–H groups in total. The molecule has 2 aromatic carbocycles. The first-order chi connectivity index (χ1) is 11.2. The number of rotatable bonds is 5. The summed E-state index contributed by atoms with van der Waals surface area (Å²) in [6.07, 6.45) is 0.843. The van der Waals surface area contributed by atoms with E-state index in [1.165, 1.54) is 0 Å². The molecule has 0 aromatic heterocycles. The van der Waals surface area contributed by atoms with Crippen molar-refractivity contribution in [1.29, 1.82) is 0 Å². The largest absolute Gasteiger partial charge is 0.491 e. The molecular weight excluding hydrogens is 292 g/mol. The van der Waals surface area contributed by atoms with Crippen molar-refractivity contribution < 1.29 is 19.1 Å². The maximum Gasteiger partial charge on any atom is 0.194 e. The van der Waals surface area contributed by atoms with Gasteiger partial charge in [-0.05, 0) is 24.6 Å². The second-order valence-corrected chi connectivity index (χ2v) is 5.49. The van der Waals surface area contributed by atoms with Gasteiger partial charge in [0.25, 0.3) is 0 Å². The van der Waals surface area contributed by atoms with Crippen LogP contribution in [0.4, 0.5) is 0 Å². The van der Waals surface area contributed by atoms with Crippen LogP contribution in [-0.2, 0) is 4.74 Å². The summed E-state index contributed by atoms with van der Waals surface area (Å²) in [5, 5.41) is 0. The number of ketones is 2. The Balaban J connectivity index is 1.91. The van der Waals surface area contributed by atoms with Crippen LogP contribution < -0.4 is 4.74 Å². The monoisotopic (exact) mass is 310 g/mol. The third-order valence-corrected chi connectivity index (χ3v) is 4.12. The van der Waals surface area contributed by atoms with Crippen LogP contribution in [0.25, 0.3) is 0 Å². The van der Waals surface area contributed by atoms with E-state index in [9.17, 15) is 9.59 Å². The van der Waals surface area contributed by atoms with Crippen LogP contribution in [0.5, 0.6) is 5.75 Å². The Kier molecular flexibility index (Phi) is 4.26. The molecule has 4 heteroatoms. The van der Waals surface area contributed by atoms with Crippen molar-refractivity contribution in [2.45, 2.75) is 19.4 Å². The molecule has 23 heavy (non-hydrogen) atoms. The summed E-state index contributed by atoms with van der Waals surface area (Å²) in [4.78, 5) is 25.1. The molecule has 2 aromatic rings. The molecule has 0 saturated heterocycles. The molecule has 0 aliphatic heterocycles. The molecule has 0 amide bonds. The molecule has 0 bridgehead atoms. The van der Waals surface area contributed by atoms with Crippen molar-refractivity contribution in [1.82, 2.24) is 0 Å². The summed E-state index contributed by atoms with van der Waals surface area (Å²) in [5.41, 5.74) is 1.74. The Morgan fingerprint density at radius 3 is 2.13 bits per heavy atom. The van der Waals surface area contributed by atoms with Gasteiger partial charge in [-0.1, -0.05) is 31.2 Å².